The number of hydrazone groups is 1. The van der Waals surface area contributed by atoms with Crippen LogP contribution in [0.1, 0.15) is 27.5 Å². The second-order valence-electron chi connectivity index (χ2n) is 10.4. The predicted molar refractivity (Wildman–Crippen MR) is 173 cm³/mol. The molecule has 0 aliphatic carbocycles. The van der Waals surface area contributed by atoms with E-state index >= 15 is 0 Å². The summed E-state index contributed by atoms with van der Waals surface area (Å²) in [6.07, 6.45) is 1.99. The molecule has 1 spiro atoms. The summed E-state index contributed by atoms with van der Waals surface area (Å²) >= 11 is 1.59. The predicted octanol–water partition coefficient (Wildman–Crippen LogP) is 7.66. The Labute approximate surface area is 255 Å². The highest BCUT2D eigenvalue weighted by molar-refractivity contribution is 7.90. The molecular weight excluding hydrogens is 575 g/mol. The van der Waals surface area contributed by atoms with Crippen molar-refractivity contribution in [3.05, 3.63) is 160 Å². The molecule has 212 valence electrons. The maximum Gasteiger partial charge on any atom is 0.285 e. The van der Waals surface area contributed by atoms with Gasteiger partial charge in [0.2, 0.25) is 5.90 Å². The molecule has 7 rings (SSSR count). The number of sulfonamides is 1. The maximum absolute atomic E-state index is 13.9. The van der Waals surface area contributed by atoms with Gasteiger partial charge in [-0.05, 0) is 54.3 Å². The van der Waals surface area contributed by atoms with Gasteiger partial charge in [-0.25, -0.2) is 5.01 Å². The van der Waals surface area contributed by atoms with Crippen LogP contribution in [0.4, 0.5) is 5.69 Å². The van der Waals surface area contributed by atoms with E-state index in [1.54, 1.807) is 35.6 Å². The Kier molecular flexibility index (Phi) is 6.80. The van der Waals surface area contributed by atoms with Crippen molar-refractivity contribution in [3.8, 4) is 0 Å². The molecular formula is C35H27N3O3S2. The Morgan fingerprint density at radius 2 is 1.47 bits per heavy atom. The highest BCUT2D eigenvalue weighted by atomic mass is 32.2. The third-order valence-electron chi connectivity index (χ3n) is 7.66. The SMILES string of the molecule is Cc1ccc(S(=O)(=O)/N=C2\OC(c3ccccc3)=CC23C(c2ccccc2)C(c2cccs2)=NN3c2ccccc2)cc1. The van der Waals surface area contributed by atoms with E-state index in [4.69, 9.17) is 9.84 Å². The summed E-state index contributed by atoms with van der Waals surface area (Å²) in [7, 11) is -4.16. The molecule has 0 saturated carbocycles. The summed E-state index contributed by atoms with van der Waals surface area (Å²) in [5.41, 5.74) is 3.08. The van der Waals surface area contributed by atoms with Gasteiger partial charge in [-0.2, -0.15) is 13.5 Å². The minimum atomic E-state index is -4.16. The van der Waals surface area contributed by atoms with Crippen molar-refractivity contribution < 1.29 is 13.2 Å². The molecule has 2 unspecified atom stereocenters. The molecule has 2 aliphatic rings. The monoisotopic (exact) mass is 601 g/mol. The Morgan fingerprint density at radius 1 is 0.814 bits per heavy atom. The first-order chi connectivity index (χ1) is 21.0. The molecule has 0 amide bonds. The lowest BCUT2D eigenvalue weighted by Gasteiger charge is -2.36. The minimum Gasteiger partial charge on any atom is -0.439 e. The van der Waals surface area contributed by atoms with Crippen LogP contribution in [0, 0.1) is 6.92 Å². The van der Waals surface area contributed by atoms with Crippen molar-refractivity contribution in [3.63, 3.8) is 0 Å². The van der Waals surface area contributed by atoms with E-state index in [0.29, 0.717) is 5.76 Å². The van der Waals surface area contributed by atoms with Crippen molar-refractivity contribution in [2.45, 2.75) is 23.3 Å². The number of ether oxygens (including phenoxy) is 1. The third kappa shape index (κ3) is 4.78. The lowest BCUT2D eigenvalue weighted by atomic mass is 9.76. The van der Waals surface area contributed by atoms with E-state index in [0.717, 1.165) is 33.0 Å². The van der Waals surface area contributed by atoms with Crippen LogP contribution in [0.5, 0.6) is 0 Å². The summed E-state index contributed by atoms with van der Waals surface area (Å²) in [5.74, 6) is 0.114. The van der Waals surface area contributed by atoms with Gasteiger partial charge in [-0.15, -0.1) is 15.7 Å². The van der Waals surface area contributed by atoms with E-state index in [2.05, 4.69) is 4.40 Å². The molecule has 1 aromatic heterocycles. The first-order valence-electron chi connectivity index (χ1n) is 13.9. The van der Waals surface area contributed by atoms with Crippen LogP contribution < -0.4 is 5.01 Å². The van der Waals surface area contributed by atoms with Gasteiger partial charge in [-0.1, -0.05) is 103 Å². The van der Waals surface area contributed by atoms with E-state index in [1.165, 1.54) is 0 Å². The Bertz CT molecular complexity index is 1950. The average molecular weight is 602 g/mol. The standard InChI is InChI=1S/C35H27N3O3S2/c1-25-19-21-29(22-20-25)43(39,40)37-34-35(24-30(41-34)26-12-5-2-6-13-26)32(27-14-7-3-8-15-27)33(31-18-11-23-42-31)36-38(35)28-16-9-4-10-17-28/h2-24,32H,1H3/b37-34-. The molecule has 0 N–H and O–H groups in total. The van der Waals surface area contributed by atoms with Gasteiger partial charge >= 0.3 is 0 Å². The molecule has 0 fully saturated rings. The molecule has 43 heavy (non-hydrogen) atoms. The molecule has 0 saturated heterocycles. The fourth-order valence-electron chi connectivity index (χ4n) is 5.64. The zero-order chi connectivity index (χ0) is 29.4. The Hall–Kier alpha value is -4.79. The number of anilines is 1. The summed E-state index contributed by atoms with van der Waals surface area (Å²) in [5, 5.41) is 9.14. The maximum atomic E-state index is 13.9. The number of hydrogen-bond acceptors (Lipinski definition) is 6. The van der Waals surface area contributed by atoms with Crippen molar-refractivity contribution in [2.24, 2.45) is 9.50 Å². The summed E-state index contributed by atoms with van der Waals surface area (Å²) in [6, 6.07) is 40.2. The lowest BCUT2D eigenvalue weighted by molar-refractivity contribution is 0.474. The summed E-state index contributed by atoms with van der Waals surface area (Å²) in [6.45, 7) is 1.91. The molecule has 5 aromatic rings. The largest absolute Gasteiger partial charge is 0.439 e. The number of benzene rings is 4. The first kappa shape index (κ1) is 27.1. The number of nitrogens with zero attached hydrogens (tertiary/aromatic N) is 3. The topological polar surface area (TPSA) is 71.3 Å². The third-order valence-corrected chi connectivity index (χ3v) is 9.83. The zero-order valence-corrected chi connectivity index (χ0v) is 24.9. The fourth-order valence-corrected chi connectivity index (χ4v) is 7.36. The van der Waals surface area contributed by atoms with E-state index in [9.17, 15) is 8.42 Å². The van der Waals surface area contributed by atoms with Crippen molar-refractivity contribution >= 4 is 44.4 Å². The molecule has 4 aromatic carbocycles. The van der Waals surface area contributed by atoms with E-state index in [-0.39, 0.29) is 10.8 Å². The lowest BCUT2D eigenvalue weighted by Crippen LogP contribution is -2.51. The van der Waals surface area contributed by atoms with Gasteiger partial charge in [0, 0.05) is 5.56 Å². The van der Waals surface area contributed by atoms with Crippen LogP contribution >= 0.6 is 11.3 Å². The van der Waals surface area contributed by atoms with Crippen LogP contribution in [0.3, 0.4) is 0 Å². The molecule has 3 heterocycles. The number of aryl methyl sites for hydroxylation is 1. The van der Waals surface area contributed by atoms with Crippen molar-refractivity contribution in [2.75, 3.05) is 5.01 Å². The van der Waals surface area contributed by atoms with Crippen LogP contribution in [0.2, 0.25) is 0 Å². The molecule has 2 aliphatic heterocycles. The van der Waals surface area contributed by atoms with Crippen molar-refractivity contribution in [1.82, 2.24) is 0 Å². The van der Waals surface area contributed by atoms with Crippen LogP contribution in [0.25, 0.3) is 5.76 Å². The number of hydrogen-bond donors (Lipinski definition) is 0. The van der Waals surface area contributed by atoms with Gasteiger partial charge in [-0.3, -0.25) is 0 Å². The number of thiophene rings is 1. The molecule has 0 radical (unpaired) electrons. The summed E-state index contributed by atoms with van der Waals surface area (Å²) in [4.78, 5) is 1.08. The number of rotatable bonds is 6. The van der Waals surface area contributed by atoms with E-state index in [1.807, 2.05) is 127 Å². The van der Waals surface area contributed by atoms with Gasteiger partial charge in [0.1, 0.15) is 5.76 Å². The average Bonchev–Trinajstić information content (AvgIpc) is 3.77. The molecule has 6 nitrogen and oxygen atoms in total. The highest BCUT2D eigenvalue weighted by Crippen LogP contribution is 2.51. The first-order valence-corrected chi connectivity index (χ1v) is 16.2. The van der Waals surface area contributed by atoms with Gasteiger partial charge in [0.25, 0.3) is 10.0 Å². The second kappa shape index (κ2) is 10.8. The fraction of sp³-hybridized carbons (Fsp3) is 0.0857. The minimum absolute atomic E-state index is 0.0416. The molecule has 0 bridgehead atoms. The van der Waals surface area contributed by atoms with Gasteiger partial charge in [0.15, 0.2) is 5.54 Å². The summed E-state index contributed by atoms with van der Waals surface area (Å²) < 4.78 is 38.9. The molecule has 2 atom stereocenters. The normalized spacial score (nSPS) is 20.7. The van der Waals surface area contributed by atoms with Crippen LogP contribution in [0.15, 0.2) is 153 Å². The second-order valence-corrected chi connectivity index (χ2v) is 13.0. The van der Waals surface area contributed by atoms with Crippen LogP contribution in [-0.2, 0) is 14.8 Å². The quantitative estimate of drug-likeness (QED) is 0.200. The van der Waals surface area contributed by atoms with Gasteiger partial charge < -0.3 is 4.74 Å². The Morgan fingerprint density at radius 3 is 2.12 bits per heavy atom. The smallest absolute Gasteiger partial charge is 0.285 e. The Balaban J connectivity index is 1.54. The zero-order valence-electron chi connectivity index (χ0n) is 23.2. The van der Waals surface area contributed by atoms with Crippen LogP contribution in [-0.4, -0.2) is 25.6 Å². The highest BCUT2D eigenvalue weighted by Gasteiger charge is 2.60. The van der Waals surface area contributed by atoms with Gasteiger partial charge in [0.05, 0.1) is 27.1 Å². The van der Waals surface area contributed by atoms with E-state index < -0.39 is 21.5 Å². The molecule has 8 heteroatoms. The number of para-hydroxylation sites is 1. The van der Waals surface area contributed by atoms with Crippen molar-refractivity contribution in [1.29, 1.82) is 0 Å².